The number of hydrogen-bond donors (Lipinski definition) is 0. The molecule has 4 heteroatoms. The van der Waals surface area contributed by atoms with Gasteiger partial charge < -0.3 is 4.74 Å². The standard InChI is InChI=1S/C15H19IN2O/c1-12(2)11-19-8-7-18-10-13(9-17-18)14-5-3-4-6-15(14)16/h3-6,9-10,12H,7-8,11H2,1-2H3. The van der Waals surface area contributed by atoms with Crippen LogP contribution in [0.25, 0.3) is 11.1 Å². The second-order valence-electron chi connectivity index (χ2n) is 4.94. The maximum atomic E-state index is 5.58. The molecule has 0 fully saturated rings. The van der Waals surface area contributed by atoms with Crippen LogP contribution in [0.5, 0.6) is 0 Å². The van der Waals surface area contributed by atoms with E-state index < -0.39 is 0 Å². The van der Waals surface area contributed by atoms with E-state index in [9.17, 15) is 0 Å². The summed E-state index contributed by atoms with van der Waals surface area (Å²) in [6, 6.07) is 8.34. The first-order valence-electron chi connectivity index (χ1n) is 6.52. The van der Waals surface area contributed by atoms with Gasteiger partial charge >= 0.3 is 0 Å². The van der Waals surface area contributed by atoms with Gasteiger partial charge in [0.05, 0.1) is 19.3 Å². The predicted octanol–water partition coefficient (Wildman–Crippen LogP) is 3.83. The number of aromatic nitrogens is 2. The Kier molecular flexibility index (Phi) is 5.39. The van der Waals surface area contributed by atoms with Gasteiger partial charge in [-0.25, -0.2) is 0 Å². The van der Waals surface area contributed by atoms with Crippen molar-refractivity contribution in [3.63, 3.8) is 0 Å². The molecular formula is C15H19IN2O. The maximum Gasteiger partial charge on any atom is 0.0662 e. The fourth-order valence-corrected chi connectivity index (χ4v) is 2.50. The minimum Gasteiger partial charge on any atom is -0.379 e. The SMILES string of the molecule is CC(C)COCCn1cc(-c2ccccc2I)cn1. The molecule has 0 unspecified atom stereocenters. The third-order valence-electron chi connectivity index (χ3n) is 2.73. The Balaban J connectivity index is 1.94. The lowest BCUT2D eigenvalue weighted by molar-refractivity contribution is 0.101. The van der Waals surface area contributed by atoms with E-state index in [1.54, 1.807) is 0 Å². The second kappa shape index (κ2) is 7.05. The average Bonchev–Trinajstić information content (AvgIpc) is 2.83. The van der Waals surface area contributed by atoms with E-state index in [4.69, 9.17) is 4.74 Å². The molecule has 2 rings (SSSR count). The molecule has 1 heterocycles. The minimum atomic E-state index is 0.582. The summed E-state index contributed by atoms with van der Waals surface area (Å²) in [5, 5.41) is 4.38. The zero-order valence-electron chi connectivity index (χ0n) is 11.3. The highest BCUT2D eigenvalue weighted by Crippen LogP contribution is 2.24. The highest BCUT2D eigenvalue weighted by molar-refractivity contribution is 14.1. The number of benzene rings is 1. The summed E-state index contributed by atoms with van der Waals surface area (Å²) in [6.45, 7) is 6.64. The van der Waals surface area contributed by atoms with Crippen LogP contribution in [-0.2, 0) is 11.3 Å². The number of nitrogens with zero attached hydrogens (tertiary/aromatic N) is 2. The van der Waals surface area contributed by atoms with E-state index in [-0.39, 0.29) is 0 Å². The molecule has 1 aromatic carbocycles. The predicted molar refractivity (Wildman–Crippen MR) is 86.0 cm³/mol. The lowest BCUT2D eigenvalue weighted by Gasteiger charge is -2.06. The van der Waals surface area contributed by atoms with Crippen molar-refractivity contribution in [3.05, 3.63) is 40.2 Å². The van der Waals surface area contributed by atoms with Gasteiger partial charge in [-0.1, -0.05) is 32.0 Å². The minimum absolute atomic E-state index is 0.582. The molecule has 1 aromatic heterocycles. The van der Waals surface area contributed by atoms with Gasteiger partial charge in [-0.05, 0) is 40.1 Å². The molecule has 2 aromatic rings. The Morgan fingerprint density at radius 3 is 2.84 bits per heavy atom. The Bertz CT molecular complexity index is 522. The molecule has 0 amide bonds. The Morgan fingerprint density at radius 1 is 1.32 bits per heavy atom. The Morgan fingerprint density at radius 2 is 2.11 bits per heavy atom. The fraction of sp³-hybridized carbons (Fsp3) is 0.400. The average molecular weight is 370 g/mol. The van der Waals surface area contributed by atoms with Crippen LogP contribution in [-0.4, -0.2) is 23.0 Å². The molecule has 0 radical (unpaired) electrons. The zero-order valence-corrected chi connectivity index (χ0v) is 13.5. The lowest BCUT2D eigenvalue weighted by atomic mass is 10.1. The van der Waals surface area contributed by atoms with Crippen molar-refractivity contribution in [1.29, 1.82) is 0 Å². The lowest BCUT2D eigenvalue weighted by Crippen LogP contribution is -2.09. The molecule has 0 N–H and O–H groups in total. The van der Waals surface area contributed by atoms with E-state index in [0.29, 0.717) is 12.5 Å². The van der Waals surface area contributed by atoms with Crippen molar-refractivity contribution in [1.82, 2.24) is 9.78 Å². The van der Waals surface area contributed by atoms with Crippen LogP contribution in [0.3, 0.4) is 0 Å². The fourth-order valence-electron chi connectivity index (χ4n) is 1.80. The largest absolute Gasteiger partial charge is 0.379 e. The van der Waals surface area contributed by atoms with Crippen molar-refractivity contribution in [3.8, 4) is 11.1 Å². The van der Waals surface area contributed by atoms with E-state index in [0.717, 1.165) is 18.7 Å². The van der Waals surface area contributed by atoms with Gasteiger partial charge in [0.25, 0.3) is 0 Å². The molecular weight excluding hydrogens is 351 g/mol. The first-order valence-corrected chi connectivity index (χ1v) is 7.60. The molecule has 3 nitrogen and oxygen atoms in total. The monoisotopic (exact) mass is 370 g/mol. The summed E-state index contributed by atoms with van der Waals surface area (Å²) < 4.78 is 8.76. The van der Waals surface area contributed by atoms with Gasteiger partial charge in [-0.15, -0.1) is 0 Å². The van der Waals surface area contributed by atoms with Gasteiger partial charge in [0, 0.05) is 21.9 Å². The quantitative estimate of drug-likeness (QED) is 0.571. The van der Waals surface area contributed by atoms with Gasteiger partial charge in [-0.2, -0.15) is 5.10 Å². The first-order chi connectivity index (χ1) is 9.16. The summed E-state index contributed by atoms with van der Waals surface area (Å²) in [5.74, 6) is 0.582. The molecule has 0 bridgehead atoms. The third kappa shape index (κ3) is 4.31. The summed E-state index contributed by atoms with van der Waals surface area (Å²) in [4.78, 5) is 0. The van der Waals surface area contributed by atoms with Gasteiger partial charge in [0.2, 0.25) is 0 Å². The van der Waals surface area contributed by atoms with Crippen molar-refractivity contribution in [2.24, 2.45) is 5.92 Å². The molecule has 0 spiro atoms. The first kappa shape index (κ1) is 14.5. The molecule has 19 heavy (non-hydrogen) atoms. The summed E-state index contributed by atoms with van der Waals surface area (Å²) >= 11 is 2.35. The number of hydrogen-bond acceptors (Lipinski definition) is 2. The van der Waals surface area contributed by atoms with Crippen molar-refractivity contribution >= 4 is 22.6 Å². The molecule has 0 aliphatic rings. The molecule has 0 aliphatic carbocycles. The van der Waals surface area contributed by atoms with Crippen molar-refractivity contribution in [2.45, 2.75) is 20.4 Å². The molecule has 0 atom stereocenters. The number of ether oxygens (including phenoxy) is 1. The molecule has 0 aliphatic heterocycles. The number of halogens is 1. The number of rotatable bonds is 6. The van der Waals surface area contributed by atoms with Crippen LogP contribution < -0.4 is 0 Å². The highest BCUT2D eigenvalue weighted by Gasteiger charge is 2.05. The third-order valence-corrected chi connectivity index (χ3v) is 3.67. The summed E-state index contributed by atoms with van der Waals surface area (Å²) in [7, 11) is 0. The molecule has 102 valence electrons. The van der Waals surface area contributed by atoms with Crippen LogP contribution in [0, 0.1) is 9.49 Å². The van der Waals surface area contributed by atoms with Gasteiger partial charge in [0.15, 0.2) is 0 Å². The zero-order chi connectivity index (χ0) is 13.7. The van der Waals surface area contributed by atoms with Crippen molar-refractivity contribution < 1.29 is 4.74 Å². The van der Waals surface area contributed by atoms with Crippen LogP contribution in [0.4, 0.5) is 0 Å². The molecule has 0 saturated carbocycles. The van der Waals surface area contributed by atoms with Crippen LogP contribution in [0.1, 0.15) is 13.8 Å². The van der Waals surface area contributed by atoms with Crippen LogP contribution >= 0.6 is 22.6 Å². The summed E-state index contributed by atoms with van der Waals surface area (Å²) in [6.07, 6.45) is 4.00. The normalized spacial score (nSPS) is 11.2. The van der Waals surface area contributed by atoms with Crippen LogP contribution in [0.2, 0.25) is 0 Å². The maximum absolute atomic E-state index is 5.58. The Hall–Kier alpha value is -0.880. The molecule has 0 saturated heterocycles. The highest BCUT2D eigenvalue weighted by atomic mass is 127. The van der Waals surface area contributed by atoms with Gasteiger partial charge in [-0.3, -0.25) is 4.68 Å². The Labute approximate surface area is 128 Å². The van der Waals surface area contributed by atoms with Crippen molar-refractivity contribution in [2.75, 3.05) is 13.2 Å². The van der Waals surface area contributed by atoms with E-state index in [1.165, 1.54) is 9.13 Å². The van der Waals surface area contributed by atoms with E-state index in [1.807, 2.05) is 10.9 Å². The topological polar surface area (TPSA) is 27.1 Å². The van der Waals surface area contributed by atoms with Crippen LogP contribution in [0.15, 0.2) is 36.7 Å². The van der Waals surface area contributed by atoms with E-state index >= 15 is 0 Å². The van der Waals surface area contributed by atoms with Gasteiger partial charge in [0.1, 0.15) is 0 Å². The second-order valence-corrected chi connectivity index (χ2v) is 6.10. The smallest absolute Gasteiger partial charge is 0.0662 e. The van der Waals surface area contributed by atoms with E-state index in [2.05, 4.69) is 72.0 Å². The summed E-state index contributed by atoms with van der Waals surface area (Å²) in [5.41, 5.74) is 2.39.